The summed E-state index contributed by atoms with van der Waals surface area (Å²) < 4.78 is 1.88. The van der Waals surface area contributed by atoms with Gasteiger partial charge in [0.25, 0.3) is 0 Å². The molecule has 0 aromatic carbocycles. The number of carbonyl (C=O) groups is 1. The van der Waals surface area contributed by atoms with E-state index in [-0.39, 0.29) is 5.24 Å². The Hall–Kier alpha value is -1.68. The zero-order valence-electron chi connectivity index (χ0n) is 15.7. The molecule has 0 atom stereocenters. The second kappa shape index (κ2) is 17.7. The lowest BCUT2D eigenvalue weighted by Crippen LogP contribution is -2.18. The molecule has 0 aromatic heterocycles. The zero-order chi connectivity index (χ0) is 18.8. The normalized spacial score (nSPS) is 13.1. The fourth-order valence-electron chi connectivity index (χ4n) is 1.36. The second-order valence-corrected chi connectivity index (χ2v) is 6.07. The van der Waals surface area contributed by atoms with Gasteiger partial charge in [0.2, 0.25) is 0 Å². The fourth-order valence-corrected chi connectivity index (χ4v) is 2.17. The van der Waals surface area contributed by atoms with Crippen LogP contribution >= 0.6 is 11.9 Å². The molecule has 0 radical (unpaired) electrons. The third-order valence-electron chi connectivity index (χ3n) is 2.69. The lowest BCUT2D eigenvalue weighted by molar-refractivity contribution is 0.242. The molecule has 0 spiro atoms. The smallest absolute Gasteiger partial charge is 0.291 e. The summed E-state index contributed by atoms with van der Waals surface area (Å²) >= 11 is 1.19. The minimum atomic E-state index is 0.0273. The monoisotopic (exact) mass is 350 g/mol. The lowest BCUT2D eigenvalue weighted by Gasteiger charge is -2.15. The van der Waals surface area contributed by atoms with E-state index >= 15 is 0 Å². The third-order valence-corrected chi connectivity index (χ3v) is 3.70. The molecule has 0 saturated carbocycles. The Morgan fingerprint density at radius 1 is 0.958 bits per heavy atom. The Morgan fingerprint density at radius 2 is 1.42 bits per heavy atom. The van der Waals surface area contributed by atoms with Crippen LogP contribution in [0.4, 0.5) is 4.79 Å². The SMILES string of the molecule is C=CCC/C=C/CN1SC(=O)N(C)C1=C.C=CCCC=C.CCC. The van der Waals surface area contributed by atoms with Gasteiger partial charge in [0, 0.05) is 13.6 Å². The summed E-state index contributed by atoms with van der Waals surface area (Å²) in [4.78, 5) is 12.8. The first-order valence-electron chi connectivity index (χ1n) is 8.39. The predicted molar refractivity (Wildman–Crippen MR) is 111 cm³/mol. The minimum Gasteiger partial charge on any atom is -0.291 e. The highest BCUT2D eigenvalue weighted by molar-refractivity contribution is 8.12. The van der Waals surface area contributed by atoms with E-state index in [1.165, 1.54) is 18.4 Å². The maximum absolute atomic E-state index is 11.3. The van der Waals surface area contributed by atoms with Gasteiger partial charge in [-0.15, -0.1) is 19.7 Å². The average molecular weight is 351 g/mol. The van der Waals surface area contributed by atoms with Crippen LogP contribution in [0, 0.1) is 0 Å². The van der Waals surface area contributed by atoms with Crippen molar-refractivity contribution in [1.82, 2.24) is 9.21 Å². The maximum Gasteiger partial charge on any atom is 0.307 e. The van der Waals surface area contributed by atoms with Gasteiger partial charge in [-0.2, -0.15) is 0 Å². The third kappa shape index (κ3) is 12.8. The number of unbranched alkanes of at least 4 members (excludes halogenated alkanes) is 2. The molecular weight excluding hydrogens is 316 g/mol. The van der Waals surface area contributed by atoms with E-state index in [0.29, 0.717) is 0 Å². The van der Waals surface area contributed by atoms with Gasteiger partial charge in [-0.3, -0.25) is 14.0 Å². The number of hydrogen-bond donors (Lipinski definition) is 0. The Bertz CT molecular complexity index is 408. The van der Waals surface area contributed by atoms with Gasteiger partial charge < -0.3 is 0 Å². The number of rotatable bonds is 8. The molecule has 0 unspecified atom stereocenters. The quantitative estimate of drug-likeness (QED) is 0.282. The summed E-state index contributed by atoms with van der Waals surface area (Å²) in [6, 6.07) is 0. The molecule has 1 saturated heterocycles. The highest BCUT2D eigenvalue weighted by atomic mass is 32.2. The molecule has 0 N–H and O–H groups in total. The van der Waals surface area contributed by atoms with Crippen LogP contribution in [-0.2, 0) is 0 Å². The highest BCUT2D eigenvalue weighted by Gasteiger charge is 2.28. The van der Waals surface area contributed by atoms with Crippen LogP contribution < -0.4 is 0 Å². The highest BCUT2D eigenvalue weighted by Crippen LogP contribution is 2.29. The maximum atomic E-state index is 11.3. The van der Waals surface area contributed by atoms with Crippen LogP contribution in [0.15, 0.2) is 62.5 Å². The van der Waals surface area contributed by atoms with Crippen molar-refractivity contribution in [3.8, 4) is 0 Å². The first-order chi connectivity index (χ1) is 11.5. The fraction of sp³-hybridized carbons (Fsp3) is 0.450. The Balaban J connectivity index is 0. The molecule has 0 aromatic rings. The Morgan fingerprint density at radius 3 is 1.79 bits per heavy atom. The average Bonchev–Trinajstić information content (AvgIpc) is 2.81. The number of hydrogen-bond acceptors (Lipinski definition) is 3. The van der Waals surface area contributed by atoms with Crippen LogP contribution in [0.5, 0.6) is 0 Å². The lowest BCUT2D eigenvalue weighted by atomic mass is 10.3. The molecule has 1 fully saturated rings. The predicted octanol–water partition coefficient (Wildman–Crippen LogP) is 6.55. The minimum absolute atomic E-state index is 0.0273. The van der Waals surface area contributed by atoms with E-state index in [0.717, 1.165) is 38.0 Å². The molecule has 1 heterocycles. The number of amides is 1. The first-order valence-corrected chi connectivity index (χ1v) is 9.17. The largest absolute Gasteiger partial charge is 0.307 e. The molecule has 0 aliphatic carbocycles. The molecule has 4 heteroatoms. The van der Waals surface area contributed by atoms with E-state index < -0.39 is 0 Å². The van der Waals surface area contributed by atoms with Gasteiger partial charge in [0.15, 0.2) is 0 Å². The summed E-state index contributed by atoms with van der Waals surface area (Å²) in [5, 5.41) is 0.0273. The van der Waals surface area contributed by atoms with Gasteiger partial charge in [-0.25, -0.2) is 0 Å². The molecule has 1 amide bonds. The van der Waals surface area contributed by atoms with E-state index in [1.54, 1.807) is 11.9 Å². The molecule has 1 rings (SSSR count). The van der Waals surface area contributed by atoms with Crippen LogP contribution in [0.1, 0.15) is 46.0 Å². The van der Waals surface area contributed by atoms with Crippen LogP contribution in [0.2, 0.25) is 0 Å². The van der Waals surface area contributed by atoms with E-state index in [4.69, 9.17) is 0 Å². The van der Waals surface area contributed by atoms with Gasteiger partial charge in [-0.05, 0) is 25.7 Å². The molecule has 1 aliphatic rings. The van der Waals surface area contributed by atoms with Gasteiger partial charge in [0.1, 0.15) is 5.82 Å². The van der Waals surface area contributed by atoms with Crippen molar-refractivity contribution in [2.24, 2.45) is 0 Å². The van der Waals surface area contributed by atoms with Crippen LogP contribution in [-0.4, -0.2) is 28.0 Å². The molecule has 0 bridgehead atoms. The summed E-state index contributed by atoms with van der Waals surface area (Å²) in [6.45, 7) is 19.6. The van der Waals surface area contributed by atoms with Crippen molar-refractivity contribution in [2.45, 2.75) is 46.0 Å². The molecule has 1 aliphatic heterocycles. The number of allylic oxidation sites excluding steroid dienone is 4. The van der Waals surface area contributed by atoms with Crippen molar-refractivity contribution in [1.29, 1.82) is 0 Å². The van der Waals surface area contributed by atoms with Crippen molar-refractivity contribution >= 4 is 17.2 Å². The summed E-state index contributed by atoms with van der Waals surface area (Å²) in [5.41, 5.74) is 0. The Kier molecular flexibility index (Phi) is 18.1. The summed E-state index contributed by atoms with van der Waals surface area (Å²) in [5.74, 6) is 0.748. The van der Waals surface area contributed by atoms with E-state index in [9.17, 15) is 4.79 Å². The number of nitrogens with zero attached hydrogens (tertiary/aromatic N) is 2. The van der Waals surface area contributed by atoms with Gasteiger partial charge in [0.05, 0.1) is 11.9 Å². The molecule has 136 valence electrons. The standard InChI is InChI=1S/C11H16N2OS.C6H10.C3H8/c1-4-5-6-7-8-9-13-10(2)12(3)11(14)15-13;1-3-5-6-4-2;1-3-2/h4,7-8H,1-2,5-6,9H2,3H3;3-4H,1-2,5-6H2;3H2,1-2H3/b8-7+;;. The van der Waals surface area contributed by atoms with Gasteiger partial charge in [-0.1, -0.05) is 57.2 Å². The van der Waals surface area contributed by atoms with E-state index in [2.05, 4.69) is 46.2 Å². The molecule has 24 heavy (non-hydrogen) atoms. The second-order valence-electron chi connectivity index (χ2n) is 5.09. The summed E-state index contributed by atoms with van der Waals surface area (Å²) in [7, 11) is 1.74. The van der Waals surface area contributed by atoms with Crippen molar-refractivity contribution in [3.63, 3.8) is 0 Å². The van der Waals surface area contributed by atoms with Gasteiger partial charge >= 0.3 is 5.24 Å². The zero-order valence-corrected chi connectivity index (χ0v) is 16.5. The van der Waals surface area contributed by atoms with Crippen molar-refractivity contribution in [3.05, 3.63) is 62.5 Å². The van der Waals surface area contributed by atoms with Crippen molar-refractivity contribution < 1.29 is 4.79 Å². The molecule has 3 nitrogen and oxygen atoms in total. The first kappa shape index (κ1) is 24.6. The molecular formula is C20H34N2OS. The topological polar surface area (TPSA) is 23.6 Å². The number of carbonyl (C=O) groups excluding carboxylic acids is 1. The van der Waals surface area contributed by atoms with Crippen LogP contribution in [0.3, 0.4) is 0 Å². The van der Waals surface area contributed by atoms with E-state index in [1.807, 2.05) is 28.6 Å². The summed E-state index contributed by atoms with van der Waals surface area (Å²) in [6.07, 6.45) is 15.2. The Labute approximate surface area is 153 Å². The van der Waals surface area contributed by atoms with Crippen LogP contribution in [0.25, 0.3) is 0 Å². The van der Waals surface area contributed by atoms with Crippen molar-refractivity contribution in [2.75, 3.05) is 13.6 Å².